The van der Waals surface area contributed by atoms with Gasteiger partial charge in [-0.3, -0.25) is 19.7 Å². The van der Waals surface area contributed by atoms with Gasteiger partial charge in [-0.25, -0.2) is 4.79 Å². The molecule has 0 radical (unpaired) electrons. The number of amides is 3. The number of hydrogen-bond donors (Lipinski definition) is 1. The van der Waals surface area contributed by atoms with E-state index < -0.39 is 0 Å². The van der Waals surface area contributed by atoms with Gasteiger partial charge in [-0.05, 0) is 19.3 Å². The maximum atomic E-state index is 12.3. The van der Waals surface area contributed by atoms with Crippen molar-refractivity contribution in [1.29, 1.82) is 0 Å². The smallest absolute Gasteiger partial charge is 0.323 e. The predicted octanol–water partition coefficient (Wildman–Crippen LogP) is 0.582. The van der Waals surface area contributed by atoms with Crippen LogP contribution in [0.1, 0.15) is 19.3 Å². The molecule has 3 heterocycles. The largest absolute Gasteiger partial charge is 0.342 e. The summed E-state index contributed by atoms with van der Waals surface area (Å²) in [6.07, 6.45) is 5.26. The quantitative estimate of drug-likeness (QED) is 0.878. The van der Waals surface area contributed by atoms with Gasteiger partial charge < -0.3 is 9.80 Å². The van der Waals surface area contributed by atoms with Crippen molar-refractivity contribution < 1.29 is 9.59 Å². The third kappa shape index (κ3) is 4.25. The molecule has 2 aliphatic rings. The van der Waals surface area contributed by atoms with Gasteiger partial charge in [-0.15, -0.1) is 0 Å². The second-order valence-corrected chi connectivity index (χ2v) is 6.51. The van der Waals surface area contributed by atoms with Crippen molar-refractivity contribution in [1.82, 2.24) is 24.5 Å². The monoisotopic (exact) mass is 334 g/mol. The molecule has 2 saturated heterocycles. The Morgan fingerprint density at radius 2 is 1.75 bits per heavy atom. The fourth-order valence-electron chi connectivity index (χ4n) is 3.21. The summed E-state index contributed by atoms with van der Waals surface area (Å²) in [7, 11) is 1.81. The van der Waals surface area contributed by atoms with Gasteiger partial charge in [0, 0.05) is 58.6 Å². The van der Waals surface area contributed by atoms with Gasteiger partial charge in [-0.1, -0.05) is 0 Å². The molecule has 3 amide bonds. The van der Waals surface area contributed by atoms with Crippen LogP contribution in [0.25, 0.3) is 0 Å². The van der Waals surface area contributed by atoms with E-state index in [9.17, 15) is 9.59 Å². The number of carbonyl (C=O) groups excluding carboxylic acids is 2. The Morgan fingerprint density at radius 1 is 1.04 bits per heavy atom. The van der Waals surface area contributed by atoms with E-state index in [-0.39, 0.29) is 11.9 Å². The molecule has 3 rings (SSSR count). The summed E-state index contributed by atoms with van der Waals surface area (Å²) >= 11 is 0. The lowest BCUT2D eigenvalue weighted by Gasteiger charge is -2.35. The van der Waals surface area contributed by atoms with Gasteiger partial charge in [0.25, 0.3) is 0 Å². The van der Waals surface area contributed by atoms with E-state index in [0.717, 1.165) is 39.0 Å². The van der Waals surface area contributed by atoms with E-state index >= 15 is 0 Å². The number of aromatic nitrogens is 2. The number of likely N-dealkylation sites (tertiary alicyclic amines) is 1. The molecule has 1 N–H and O–H groups in total. The molecule has 8 nitrogen and oxygen atoms in total. The molecular formula is C16H26N6O2. The van der Waals surface area contributed by atoms with Gasteiger partial charge in [0.15, 0.2) is 5.82 Å². The Hall–Kier alpha value is -2.09. The molecule has 8 heteroatoms. The van der Waals surface area contributed by atoms with Crippen molar-refractivity contribution in [3.8, 4) is 0 Å². The second kappa shape index (κ2) is 7.65. The van der Waals surface area contributed by atoms with Crippen LogP contribution in [0.2, 0.25) is 0 Å². The van der Waals surface area contributed by atoms with Crippen molar-refractivity contribution in [3.05, 3.63) is 12.3 Å². The standard InChI is InChI=1S/C16H26N6O2/c1-19-8-5-14(18-19)17-16(24)22-11-9-20(10-12-22)13-15(23)21-6-3-2-4-7-21/h5,8H,2-4,6-7,9-13H2,1H3,(H,17,18,24). The molecule has 0 unspecified atom stereocenters. The molecule has 0 saturated carbocycles. The number of piperidine rings is 1. The highest BCUT2D eigenvalue weighted by Crippen LogP contribution is 2.11. The Balaban J connectivity index is 1.41. The van der Waals surface area contributed by atoms with Crippen LogP contribution in [0.15, 0.2) is 12.3 Å². The van der Waals surface area contributed by atoms with Gasteiger partial charge in [0.1, 0.15) is 0 Å². The van der Waals surface area contributed by atoms with E-state index in [1.807, 2.05) is 11.9 Å². The van der Waals surface area contributed by atoms with Gasteiger partial charge in [0.05, 0.1) is 6.54 Å². The fourth-order valence-corrected chi connectivity index (χ4v) is 3.21. The molecule has 2 fully saturated rings. The number of hydrogen-bond acceptors (Lipinski definition) is 4. The van der Waals surface area contributed by atoms with Crippen molar-refractivity contribution >= 4 is 17.8 Å². The molecule has 0 aliphatic carbocycles. The Morgan fingerprint density at radius 3 is 2.38 bits per heavy atom. The minimum atomic E-state index is -0.129. The zero-order chi connectivity index (χ0) is 16.9. The third-order valence-electron chi connectivity index (χ3n) is 4.68. The molecule has 2 aliphatic heterocycles. The average molecular weight is 334 g/mol. The molecular weight excluding hydrogens is 308 g/mol. The number of nitrogens with one attached hydrogen (secondary N) is 1. The van der Waals surface area contributed by atoms with E-state index in [1.165, 1.54) is 6.42 Å². The number of anilines is 1. The average Bonchev–Trinajstić information content (AvgIpc) is 3.01. The first-order valence-electron chi connectivity index (χ1n) is 8.67. The van der Waals surface area contributed by atoms with Gasteiger partial charge in [0.2, 0.25) is 5.91 Å². The normalized spacial score (nSPS) is 19.4. The van der Waals surface area contributed by atoms with E-state index in [1.54, 1.807) is 21.8 Å². The second-order valence-electron chi connectivity index (χ2n) is 6.51. The molecule has 0 bridgehead atoms. The lowest BCUT2D eigenvalue weighted by atomic mass is 10.1. The Labute approximate surface area is 142 Å². The van der Waals surface area contributed by atoms with Crippen LogP contribution in [0, 0.1) is 0 Å². The molecule has 24 heavy (non-hydrogen) atoms. The maximum absolute atomic E-state index is 12.3. The molecule has 0 atom stereocenters. The molecule has 0 aromatic carbocycles. The molecule has 1 aromatic heterocycles. The molecule has 0 spiro atoms. The fraction of sp³-hybridized carbons (Fsp3) is 0.688. The van der Waals surface area contributed by atoms with Gasteiger partial charge >= 0.3 is 6.03 Å². The maximum Gasteiger partial charge on any atom is 0.323 e. The van der Waals surface area contributed by atoms with Crippen molar-refractivity contribution in [2.24, 2.45) is 7.05 Å². The first-order valence-corrected chi connectivity index (χ1v) is 8.67. The lowest BCUT2D eigenvalue weighted by Crippen LogP contribution is -2.52. The summed E-state index contributed by atoms with van der Waals surface area (Å²) in [6, 6.07) is 1.64. The summed E-state index contributed by atoms with van der Waals surface area (Å²) in [4.78, 5) is 30.4. The first kappa shape index (κ1) is 16.8. The summed E-state index contributed by atoms with van der Waals surface area (Å²) in [5.41, 5.74) is 0. The highest BCUT2D eigenvalue weighted by molar-refractivity contribution is 5.88. The van der Waals surface area contributed by atoms with E-state index in [2.05, 4.69) is 15.3 Å². The summed E-state index contributed by atoms with van der Waals surface area (Å²) < 4.78 is 1.65. The summed E-state index contributed by atoms with van der Waals surface area (Å²) in [5, 5.41) is 6.95. The van der Waals surface area contributed by atoms with Crippen molar-refractivity contribution in [3.63, 3.8) is 0 Å². The summed E-state index contributed by atoms with van der Waals surface area (Å²) in [5.74, 6) is 0.784. The Bertz CT molecular complexity index is 573. The third-order valence-corrected chi connectivity index (χ3v) is 4.68. The van der Waals surface area contributed by atoms with E-state index in [0.29, 0.717) is 25.5 Å². The molecule has 132 valence electrons. The van der Waals surface area contributed by atoms with Crippen molar-refractivity contribution in [2.45, 2.75) is 19.3 Å². The van der Waals surface area contributed by atoms with Crippen molar-refractivity contribution in [2.75, 3.05) is 51.1 Å². The number of aryl methyl sites for hydroxylation is 1. The van der Waals surface area contributed by atoms with Gasteiger partial charge in [-0.2, -0.15) is 5.10 Å². The number of carbonyl (C=O) groups is 2. The number of nitrogens with zero attached hydrogens (tertiary/aromatic N) is 5. The number of piperazine rings is 1. The SMILES string of the molecule is Cn1ccc(NC(=O)N2CCN(CC(=O)N3CCCCC3)CC2)n1. The van der Waals surface area contributed by atoms with Crippen LogP contribution in [-0.2, 0) is 11.8 Å². The number of urea groups is 1. The Kier molecular flexibility index (Phi) is 5.34. The number of rotatable bonds is 3. The van der Waals surface area contributed by atoms with Crippen LogP contribution < -0.4 is 5.32 Å². The highest BCUT2D eigenvalue weighted by atomic mass is 16.2. The zero-order valence-corrected chi connectivity index (χ0v) is 14.3. The summed E-state index contributed by atoms with van der Waals surface area (Å²) in [6.45, 7) is 4.98. The first-order chi connectivity index (χ1) is 11.6. The zero-order valence-electron chi connectivity index (χ0n) is 14.3. The van der Waals surface area contributed by atoms with Crippen LogP contribution in [0.3, 0.4) is 0 Å². The molecule has 1 aromatic rings. The predicted molar refractivity (Wildman–Crippen MR) is 90.7 cm³/mol. The topological polar surface area (TPSA) is 73.7 Å². The minimum Gasteiger partial charge on any atom is -0.342 e. The highest BCUT2D eigenvalue weighted by Gasteiger charge is 2.25. The van der Waals surface area contributed by atoms with Crippen LogP contribution in [0.5, 0.6) is 0 Å². The minimum absolute atomic E-state index is 0.129. The van der Waals surface area contributed by atoms with E-state index in [4.69, 9.17) is 0 Å². The van der Waals surface area contributed by atoms with Crippen LogP contribution in [-0.4, -0.2) is 82.2 Å². The lowest BCUT2D eigenvalue weighted by molar-refractivity contribution is -0.133. The van der Waals surface area contributed by atoms with Crippen LogP contribution >= 0.6 is 0 Å². The van der Waals surface area contributed by atoms with Crippen LogP contribution in [0.4, 0.5) is 10.6 Å².